The topological polar surface area (TPSA) is 135 Å². The normalized spacial score (nSPS) is 12.3. The predicted octanol–water partition coefficient (Wildman–Crippen LogP) is 2.52. The molecule has 9 nitrogen and oxygen atoms in total. The lowest BCUT2D eigenvalue weighted by Crippen LogP contribution is -2.31. The van der Waals surface area contributed by atoms with Gasteiger partial charge in [0.15, 0.2) is 0 Å². The highest BCUT2D eigenvalue weighted by Gasteiger charge is 2.22. The number of rotatable bonds is 9. The second-order valence-corrected chi connectivity index (χ2v) is 10.8. The van der Waals surface area contributed by atoms with Crippen LogP contribution in [0.4, 0.5) is 5.69 Å². The lowest BCUT2D eigenvalue weighted by molar-refractivity contribution is -0.385. The molecule has 0 aliphatic carbocycles. The third-order valence-corrected chi connectivity index (χ3v) is 7.44. The predicted molar refractivity (Wildman–Crippen MR) is 114 cm³/mol. The molecule has 0 unspecified atom stereocenters. The zero-order valence-corrected chi connectivity index (χ0v) is 18.8. The van der Waals surface area contributed by atoms with Crippen molar-refractivity contribution in [2.45, 2.75) is 50.9 Å². The molecule has 0 atom stereocenters. The maximum Gasteiger partial charge on any atom is 0.271 e. The van der Waals surface area contributed by atoms with Gasteiger partial charge >= 0.3 is 0 Å². The summed E-state index contributed by atoms with van der Waals surface area (Å²) in [5.41, 5.74) is 1.84. The lowest BCUT2D eigenvalue weighted by atomic mass is 10.1. The van der Waals surface area contributed by atoms with Crippen LogP contribution in [-0.4, -0.2) is 27.8 Å². The molecular formula is C19H25N3O6S2. The highest BCUT2D eigenvalue weighted by atomic mass is 32.2. The van der Waals surface area contributed by atoms with Crippen LogP contribution in [-0.2, 0) is 32.3 Å². The maximum absolute atomic E-state index is 12.7. The molecule has 0 radical (unpaired) electrons. The first-order valence-corrected chi connectivity index (χ1v) is 12.3. The van der Waals surface area contributed by atoms with Crippen molar-refractivity contribution in [3.63, 3.8) is 0 Å². The number of sulfonamides is 2. The Bertz CT molecular complexity index is 1140. The molecule has 0 saturated heterocycles. The first-order valence-electron chi connectivity index (χ1n) is 9.14. The molecule has 0 aliphatic rings. The fraction of sp³-hybridized carbons (Fsp3) is 0.368. The van der Waals surface area contributed by atoms with Crippen LogP contribution in [0, 0.1) is 24.0 Å². The van der Waals surface area contributed by atoms with Crippen LogP contribution >= 0.6 is 0 Å². The van der Waals surface area contributed by atoms with Crippen molar-refractivity contribution >= 4 is 25.7 Å². The number of benzene rings is 2. The minimum Gasteiger partial charge on any atom is -0.258 e. The third kappa shape index (κ3) is 6.33. The van der Waals surface area contributed by atoms with Crippen molar-refractivity contribution in [2.75, 3.05) is 0 Å². The Morgan fingerprint density at radius 1 is 1.00 bits per heavy atom. The zero-order valence-electron chi connectivity index (χ0n) is 17.2. The molecule has 0 heterocycles. The SMILES string of the molecule is Cc1cc([N+](=O)[O-])cc(S(=O)(=O)NCc2ccc(CS(=O)(=O)NC(C)C)cc2)c1C. The number of aryl methyl sites for hydroxylation is 1. The van der Waals surface area contributed by atoms with E-state index in [1.54, 1.807) is 52.0 Å². The van der Waals surface area contributed by atoms with E-state index in [1.807, 2.05) is 0 Å². The molecule has 0 aliphatic heterocycles. The fourth-order valence-electron chi connectivity index (χ4n) is 2.82. The van der Waals surface area contributed by atoms with E-state index >= 15 is 0 Å². The van der Waals surface area contributed by atoms with Gasteiger partial charge in [0.1, 0.15) is 0 Å². The van der Waals surface area contributed by atoms with Crippen LogP contribution < -0.4 is 9.44 Å². The van der Waals surface area contributed by atoms with Gasteiger partial charge in [-0.15, -0.1) is 0 Å². The first-order chi connectivity index (χ1) is 13.8. The summed E-state index contributed by atoms with van der Waals surface area (Å²) in [4.78, 5) is 10.3. The summed E-state index contributed by atoms with van der Waals surface area (Å²) in [6.07, 6.45) is 0. The molecule has 0 aromatic heterocycles. The molecule has 0 saturated carbocycles. The molecule has 0 bridgehead atoms. The van der Waals surface area contributed by atoms with Crippen molar-refractivity contribution in [3.8, 4) is 0 Å². The quantitative estimate of drug-likeness (QED) is 0.440. The Morgan fingerprint density at radius 2 is 1.57 bits per heavy atom. The van der Waals surface area contributed by atoms with E-state index in [9.17, 15) is 26.9 Å². The average Bonchev–Trinajstić information content (AvgIpc) is 2.61. The monoisotopic (exact) mass is 455 g/mol. The van der Waals surface area contributed by atoms with E-state index in [4.69, 9.17) is 0 Å². The van der Waals surface area contributed by atoms with Crippen LogP contribution in [0.2, 0.25) is 0 Å². The van der Waals surface area contributed by atoms with Crippen LogP contribution in [0.25, 0.3) is 0 Å². The minimum atomic E-state index is -3.98. The molecule has 0 spiro atoms. The molecule has 164 valence electrons. The Hall–Kier alpha value is -2.34. The van der Waals surface area contributed by atoms with Crippen molar-refractivity contribution in [1.82, 2.24) is 9.44 Å². The maximum atomic E-state index is 12.7. The molecule has 30 heavy (non-hydrogen) atoms. The van der Waals surface area contributed by atoms with Crippen molar-refractivity contribution in [3.05, 3.63) is 68.8 Å². The second kappa shape index (κ2) is 9.21. The van der Waals surface area contributed by atoms with Crippen LogP contribution in [0.15, 0.2) is 41.3 Å². The van der Waals surface area contributed by atoms with E-state index in [2.05, 4.69) is 9.44 Å². The Balaban J connectivity index is 2.15. The molecule has 2 N–H and O–H groups in total. The van der Waals surface area contributed by atoms with Gasteiger partial charge in [-0.2, -0.15) is 0 Å². The van der Waals surface area contributed by atoms with E-state index in [0.717, 1.165) is 6.07 Å². The first kappa shape index (κ1) is 23.9. The molecular weight excluding hydrogens is 430 g/mol. The standard InChI is InChI=1S/C19H25N3O6S2/c1-13(2)21-29(25,26)12-17-7-5-16(6-8-17)11-20-30(27,28)19-10-18(22(23)24)9-14(3)15(19)4/h5-10,13,20-21H,11-12H2,1-4H3. The van der Waals surface area contributed by atoms with Crippen LogP contribution in [0.5, 0.6) is 0 Å². The second-order valence-electron chi connectivity index (χ2n) is 7.32. The summed E-state index contributed by atoms with van der Waals surface area (Å²) in [5.74, 6) is -0.177. The van der Waals surface area contributed by atoms with Gasteiger partial charge in [-0.1, -0.05) is 24.3 Å². The summed E-state index contributed by atoms with van der Waals surface area (Å²) >= 11 is 0. The van der Waals surface area contributed by atoms with Crippen molar-refractivity contribution < 1.29 is 21.8 Å². The zero-order chi connectivity index (χ0) is 22.7. The number of nitrogens with one attached hydrogen (secondary N) is 2. The number of hydrogen-bond donors (Lipinski definition) is 2. The summed E-state index contributed by atoms with van der Waals surface area (Å²) in [5, 5.41) is 11.1. The molecule has 2 aromatic rings. The molecule has 2 rings (SSSR count). The van der Waals surface area contributed by atoms with Gasteiger partial charge in [0.05, 0.1) is 15.6 Å². The van der Waals surface area contributed by atoms with Gasteiger partial charge in [0.2, 0.25) is 20.0 Å². The highest BCUT2D eigenvalue weighted by molar-refractivity contribution is 7.89. The van der Waals surface area contributed by atoms with Crippen molar-refractivity contribution in [2.24, 2.45) is 0 Å². The molecule has 0 fully saturated rings. The number of nitro groups is 1. The summed E-state index contributed by atoms with van der Waals surface area (Å²) in [6, 6.07) is 8.67. The summed E-state index contributed by atoms with van der Waals surface area (Å²) in [7, 11) is -7.44. The summed E-state index contributed by atoms with van der Waals surface area (Å²) < 4.78 is 54.3. The van der Waals surface area contributed by atoms with Gasteiger partial charge in [0, 0.05) is 24.7 Å². The van der Waals surface area contributed by atoms with E-state index in [-0.39, 0.29) is 28.9 Å². The van der Waals surface area contributed by atoms with Gasteiger partial charge in [-0.05, 0) is 49.9 Å². The molecule has 11 heteroatoms. The Morgan fingerprint density at radius 3 is 2.10 bits per heavy atom. The van der Waals surface area contributed by atoms with E-state index in [1.165, 1.54) is 6.07 Å². The average molecular weight is 456 g/mol. The van der Waals surface area contributed by atoms with Gasteiger partial charge < -0.3 is 0 Å². The molecule has 0 amide bonds. The Kier molecular flexibility index (Phi) is 7.35. The van der Waals surface area contributed by atoms with Gasteiger partial charge in [0.25, 0.3) is 5.69 Å². The Labute approximate surface area is 176 Å². The minimum absolute atomic E-state index is 0.0409. The highest BCUT2D eigenvalue weighted by Crippen LogP contribution is 2.25. The number of hydrogen-bond acceptors (Lipinski definition) is 6. The lowest BCUT2D eigenvalue weighted by Gasteiger charge is -2.12. The van der Waals surface area contributed by atoms with Crippen LogP contribution in [0.1, 0.15) is 36.1 Å². The van der Waals surface area contributed by atoms with Gasteiger partial charge in [-0.25, -0.2) is 26.3 Å². The third-order valence-electron chi connectivity index (χ3n) is 4.37. The molecule has 2 aromatic carbocycles. The summed E-state index contributed by atoms with van der Waals surface area (Å²) in [6.45, 7) is 6.63. The van der Waals surface area contributed by atoms with Crippen molar-refractivity contribution in [1.29, 1.82) is 0 Å². The largest absolute Gasteiger partial charge is 0.271 e. The smallest absolute Gasteiger partial charge is 0.258 e. The van der Waals surface area contributed by atoms with E-state index in [0.29, 0.717) is 22.3 Å². The van der Waals surface area contributed by atoms with Crippen LogP contribution in [0.3, 0.4) is 0 Å². The van der Waals surface area contributed by atoms with E-state index < -0.39 is 25.0 Å². The fourth-order valence-corrected chi connectivity index (χ4v) is 5.61. The number of non-ortho nitro benzene ring substituents is 1. The number of nitro benzene ring substituents is 1. The van der Waals surface area contributed by atoms with Gasteiger partial charge in [-0.3, -0.25) is 10.1 Å². The number of nitrogens with zero attached hydrogens (tertiary/aromatic N) is 1.